The molecule has 0 saturated carbocycles. The van der Waals surface area contributed by atoms with Gasteiger partial charge in [0, 0.05) is 12.6 Å². The Morgan fingerprint density at radius 2 is 2.31 bits per heavy atom. The van der Waals surface area contributed by atoms with Crippen LogP contribution in [0.4, 0.5) is 5.95 Å². The topological polar surface area (TPSA) is 82.3 Å². The lowest BCUT2D eigenvalue weighted by atomic mass is 10.2. The Balaban J connectivity index is 2.27. The predicted molar refractivity (Wildman–Crippen MR) is 59.2 cm³/mol. The standard InChI is InChI=1S/C10H16N4O2/c1-6(3-11)12-10-13-8-5-16-4-7(8)9(14-10)15-2/h6H,3-5,11H2,1-2H3,(H,12,13,14). The minimum absolute atomic E-state index is 0.130. The van der Waals surface area contributed by atoms with Gasteiger partial charge in [-0.15, -0.1) is 0 Å². The van der Waals surface area contributed by atoms with Gasteiger partial charge in [-0.3, -0.25) is 0 Å². The molecule has 1 aliphatic rings. The van der Waals surface area contributed by atoms with E-state index in [-0.39, 0.29) is 6.04 Å². The van der Waals surface area contributed by atoms with Crippen LogP contribution in [0.15, 0.2) is 0 Å². The molecular weight excluding hydrogens is 208 g/mol. The molecule has 6 heteroatoms. The predicted octanol–water partition coefficient (Wildman–Crippen LogP) is 0.275. The Bertz CT molecular complexity index is 383. The van der Waals surface area contributed by atoms with Gasteiger partial charge >= 0.3 is 0 Å². The number of nitrogens with two attached hydrogens (primary N) is 1. The van der Waals surface area contributed by atoms with Crippen LogP contribution in [0.1, 0.15) is 18.2 Å². The Morgan fingerprint density at radius 1 is 1.50 bits per heavy atom. The first-order valence-corrected chi connectivity index (χ1v) is 5.22. The van der Waals surface area contributed by atoms with E-state index in [9.17, 15) is 0 Å². The summed E-state index contributed by atoms with van der Waals surface area (Å²) in [6.45, 7) is 3.53. The molecule has 0 spiro atoms. The fraction of sp³-hybridized carbons (Fsp3) is 0.600. The van der Waals surface area contributed by atoms with Crippen LogP contribution >= 0.6 is 0 Å². The second-order valence-corrected chi connectivity index (χ2v) is 3.76. The van der Waals surface area contributed by atoms with Crippen molar-refractivity contribution < 1.29 is 9.47 Å². The highest BCUT2D eigenvalue weighted by molar-refractivity contribution is 5.39. The summed E-state index contributed by atoms with van der Waals surface area (Å²) >= 11 is 0. The number of hydrogen-bond acceptors (Lipinski definition) is 6. The lowest BCUT2D eigenvalue weighted by Crippen LogP contribution is -2.26. The Labute approximate surface area is 94.2 Å². The van der Waals surface area contributed by atoms with Gasteiger partial charge < -0.3 is 20.5 Å². The third kappa shape index (κ3) is 2.07. The molecule has 0 aliphatic carbocycles. The van der Waals surface area contributed by atoms with Crippen molar-refractivity contribution in [2.24, 2.45) is 5.73 Å². The zero-order valence-electron chi connectivity index (χ0n) is 9.49. The number of hydrogen-bond donors (Lipinski definition) is 2. The molecule has 2 heterocycles. The number of anilines is 1. The lowest BCUT2D eigenvalue weighted by molar-refractivity contribution is 0.132. The summed E-state index contributed by atoms with van der Waals surface area (Å²) in [5, 5.41) is 3.11. The maximum absolute atomic E-state index is 5.53. The molecule has 2 rings (SSSR count). The van der Waals surface area contributed by atoms with Crippen molar-refractivity contribution in [3.8, 4) is 5.88 Å². The van der Waals surface area contributed by atoms with Crippen molar-refractivity contribution in [2.45, 2.75) is 26.2 Å². The number of nitrogens with zero attached hydrogens (tertiary/aromatic N) is 2. The highest BCUT2D eigenvalue weighted by atomic mass is 16.5. The number of nitrogens with one attached hydrogen (secondary N) is 1. The van der Waals surface area contributed by atoms with Crippen LogP contribution in [-0.2, 0) is 18.0 Å². The highest BCUT2D eigenvalue weighted by Gasteiger charge is 2.20. The zero-order chi connectivity index (χ0) is 11.5. The Kier molecular flexibility index (Phi) is 3.21. The average molecular weight is 224 g/mol. The molecule has 1 aromatic rings. The summed E-state index contributed by atoms with van der Waals surface area (Å²) in [6, 6.07) is 0.130. The maximum Gasteiger partial charge on any atom is 0.226 e. The van der Waals surface area contributed by atoms with Crippen LogP contribution in [-0.4, -0.2) is 29.7 Å². The van der Waals surface area contributed by atoms with E-state index < -0.39 is 0 Å². The number of aromatic nitrogens is 2. The van der Waals surface area contributed by atoms with Crippen LogP contribution in [0.2, 0.25) is 0 Å². The van der Waals surface area contributed by atoms with Gasteiger partial charge in [0.2, 0.25) is 11.8 Å². The summed E-state index contributed by atoms with van der Waals surface area (Å²) in [4.78, 5) is 8.64. The zero-order valence-corrected chi connectivity index (χ0v) is 9.49. The molecule has 6 nitrogen and oxygen atoms in total. The molecule has 0 aromatic carbocycles. The molecule has 1 aliphatic heterocycles. The van der Waals surface area contributed by atoms with E-state index in [0.717, 1.165) is 11.3 Å². The third-order valence-electron chi connectivity index (χ3n) is 2.46. The lowest BCUT2D eigenvalue weighted by Gasteiger charge is -2.13. The second kappa shape index (κ2) is 4.63. The summed E-state index contributed by atoms with van der Waals surface area (Å²) in [6.07, 6.45) is 0. The molecule has 3 N–H and O–H groups in total. The molecule has 1 unspecified atom stereocenters. The summed E-state index contributed by atoms with van der Waals surface area (Å²) in [5.41, 5.74) is 7.36. The Morgan fingerprint density at radius 3 is 3.00 bits per heavy atom. The van der Waals surface area contributed by atoms with Crippen LogP contribution in [0.3, 0.4) is 0 Å². The van der Waals surface area contributed by atoms with Crippen molar-refractivity contribution in [2.75, 3.05) is 19.0 Å². The molecule has 1 atom stereocenters. The first kappa shape index (κ1) is 11.1. The summed E-state index contributed by atoms with van der Waals surface area (Å²) < 4.78 is 10.5. The SMILES string of the molecule is COc1nc(NC(C)CN)nc2c1COC2. The van der Waals surface area contributed by atoms with E-state index in [4.69, 9.17) is 15.2 Å². The van der Waals surface area contributed by atoms with Crippen molar-refractivity contribution in [1.82, 2.24) is 9.97 Å². The van der Waals surface area contributed by atoms with E-state index in [1.807, 2.05) is 6.92 Å². The first-order valence-electron chi connectivity index (χ1n) is 5.22. The average Bonchev–Trinajstić information content (AvgIpc) is 2.75. The van der Waals surface area contributed by atoms with Gasteiger partial charge in [0.1, 0.15) is 0 Å². The largest absolute Gasteiger partial charge is 0.481 e. The van der Waals surface area contributed by atoms with Crippen molar-refractivity contribution in [3.05, 3.63) is 11.3 Å². The van der Waals surface area contributed by atoms with Crippen molar-refractivity contribution in [3.63, 3.8) is 0 Å². The van der Waals surface area contributed by atoms with Crippen LogP contribution in [0.5, 0.6) is 5.88 Å². The second-order valence-electron chi connectivity index (χ2n) is 3.76. The molecule has 0 radical (unpaired) electrons. The van der Waals surface area contributed by atoms with E-state index in [1.165, 1.54) is 0 Å². The van der Waals surface area contributed by atoms with E-state index in [0.29, 0.717) is 31.6 Å². The van der Waals surface area contributed by atoms with Gasteiger partial charge in [0.25, 0.3) is 0 Å². The summed E-state index contributed by atoms with van der Waals surface area (Å²) in [5.74, 6) is 1.12. The van der Waals surface area contributed by atoms with Gasteiger partial charge in [-0.05, 0) is 6.92 Å². The monoisotopic (exact) mass is 224 g/mol. The Hall–Kier alpha value is -1.40. The van der Waals surface area contributed by atoms with Crippen LogP contribution < -0.4 is 15.8 Å². The number of ether oxygens (including phenoxy) is 2. The highest BCUT2D eigenvalue weighted by Crippen LogP contribution is 2.27. The smallest absolute Gasteiger partial charge is 0.226 e. The summed E-state index contributed by atoms with van der Waals surface area (Å²) in [7, 11) is 1.59. The van der Waals surface area contributed by atoms with Gasteiger partial charge in [-0.1, -0.05) is 0 Å². The van der Waals surface area contributed by atoms with Crippen LogP contribution in [0.25, 0.3) is 0 Å². The molecule has 0 amide bonds. The number of rotatable bonds is 4. The molecule has 0 bridgehead atoms. The number of methoxy groups -OCH3 is 1. The van der Waals surface area contributed by atoms with Crippen molar-refractivity contribution >= 4 is 5.95 Å². The van der Waals surface area contributed by atoms with Gasteiger partial charge in [-0.2, -0.15) is 4.98 Å². The third-order valence-corrected chi connectivity index (χ3v) is 2.46. The van der Waals surface area contributed by atoms with E-state index in [1.54, 1.807) is 7.11 Å². The van der Waals surface area contributed by atoms with Crippen LogP contribution in [0, 0.1) is 0 Å². The van der Waals surface area contributed by atoms with Gasteiger partial charge in [-0.25, -0.2) is 4.98 Å². The molecule has 0 fully saturated rings. The maximum atomic E-state index is 5.53. The van der Waals surface area contributed by atoms with E-state index >= 15 is 0 Å². The fourth-order valence-corrected chi connectivity index (χ4v) is 1.53. The molecule has 0 saturated heterocycles. The number of fused-ring (bicyclic) bond motifs is 1. The fourth-order valence-electron chi connectivity index (χ4n) is 1.53. The van der Waals surface area contributed by atoms with E-state index in [2.05, 4.69) is 15.3 Å². The van der Waals surface area contributed by atoms with Gasteiger partial charge in [0.15, 0.2) is 0 Å². The quantitative estimate of drug-likeness (QED) is 0.764. The minimum Gasteiger partial charge on any atom is -0.481 e. The molecule has 1 aromatic heterocycles. The minimum atomic E-state index is 0.130. The van der Waals surface area contributed by atoms with Crippen molar-refractivity contribution in [1.29, 1.82) is 0 Å². The first-order chi connectivity index (χ1) is 7.74. The molecule has 88 valence electrons. The molecule has 16 heavy (non-hydrogen) atoms. The normalized spacial score (nSPS) is 15.7. The molecular formula is C10H16N4O2. The van der Waals surface area contributed by atoms with Gasteiger partial charge in [0.05, 0.1) is 31.6 Å².